The molecule has 0 heterocycles. The van der Waals surface area contributed by atoms with Crippen molar-refractivity contribution in [3.05, 3.63) is 56.5 Å². The van der Waals surface area contributed by atoms with Crippen LogP contribution in [0.5, 0.6) is 5.75 Å². The van der Waals surface area contributed by atoms with E-state index in [1.807, 2.05) is 39.0 Å². The van der Waals surface area contributed by atoms with Crippen molar-refractivity contribution in [1.29, 1.82) is 0 Å². The Labute approximate surface area is 150 Å². The summed E-state index contributed by atoms with van der Waals surface area (Å²) >= 11 is 9.53. The van der Waals surface area contributed by atoms with Crippen LogP contribution in [0.4, 0.5) is 5.69 Å². The number of anilines is 1. The molecule has 0 aliphatic carbocycles. The summed E-state index contributed by atoms with van der Waals surface area (Å²) in [5.41, 5.74) is 3.50. The van der Waals surface area contributed by atoms with Crippen molar-refractivity contribution >= 4 is 39.1 Å². The third-order valence-corrected chi connectivity index (χ3v) is 4.48. The minimum atomic E-state index is -0.619. The lowest BCUT2D eigenvalue weighted by Crippen LogP contribution is -2.30. The van der Waals surface area contributed by atoms with Crippen LogP contribution in [0.3, 0.4) is 0 Å². The summed E-state index contributed by atoms with van der Waals surface area (Å²) in [4.78, 5) is 12.4. The molecule has 0 aliphatic rings. The molecule has 0 saturated heterocycles. The molecular formula is C18H19BrClNO2. The zero-order valence-corrected chi connectivity index (χ0v) is 15.9. The number of benzene rings is 2. The van der Waals surface area contributed by atoms with E-state index in [2.05, 4.69) is 21.2 Å². The molecule has 3 nitrogen and oxygen atoms in total. The average Bonchev–Trinajstić information content (AvgIpc) is 2.47. The van der Waals surface area contributed by atoms with Gasteiger partial charge in [0, 0.05) is 15.2 Å². The topological polar surface area (TPSA) is 38.3 Å². The zero-order chi connectivity index (χ0) is 17.1. The highest BCUT2D eigenvalue weighted by Gasteiger charge is 2.18. The van der Waals surface area contributed by atoms with E-state index < -0.39 is 6.10 Å². The molecule has 0 spiro atoms. The van der Waals surface area contributed by atoms with Gasteiger partial charge in [-0.1, -0.05) is 33.6 Å². The fourth-order valence-corrected chi connectivity index (χ4v) is 3.15. The standard InChI is InChI=1S/C18H19BrClNO2/c1-10-8-14(19)9-11(2)17(10)23-13(4)18(22)21-16-7-5-6-15(20)12(16)3/h5-9,13H,1-4H3,(H,21,22). The van der Waals surface area contributed by atoms with Crippen molar-refractivity contribution in [1.82, 2.24) is 0 Å². The lowest BCUT2D eigenvalue weighted by atomic mass is 10.1. The Morgan fingerprint density at radius 2 is 1.83 bits per heavy atom. The van der Waals surface area contributed by atoms with E-state index in [0.717, 1.165) is 26.9 Å². The van der Waals surface area contributed by atoms with E-state index in [9.17, 15) is 4.79 Å². The second-order valence-corrected chi connectivity index (χ2v) is 6.85. The lowest BCUT2D eigenvalue weighted by molar-refractivity contribution is -0.122. The Bertz CT molecular complexity index is 723. The molecule has 1 amide bonds. The summed E-state index contributed by atoms with van der Waals surface area (Å²) in [6.45, 7) is 7.51. The molecule has 0 aromatic heterocycles. The minimum absolute atomic E-state index is 0.211. The Morgan fingerprint density at radius 3 is 2.43 bits per heavy atom. The van der Waals surface area contributed by atoms with E-state index in [4.69, 9.17) is 16.3 Å². The molecule has 0 bridgehead atoms. The number of amides is 1. The number of halogens is 2. The molecule has 1 N–H and O–H groups in total. The number of aryl methyl sites for hydroxylation is 2. The van der Waals surface area contributed by atoms with Crippen LogP contribution in [0, 0.1) is 20.8 Å². The van der Waals surface area contributed by atoms with Crippen LogP contribution in [-0.4, -0.2) is 12.0 Å². The minimum Gasteiger partial charge on any atom is -0.480 e. The first kappa shape index (κ1) is 17.8. The van der Waals surface area contributed by atoms with Gasteiger partial charge in [-0.05, 0) is 68.7 Å². The number of carbonyl (C=O) groups is 1. The molecule has 0 radical (unpaired) electrons. The van der Waals surface area contributed by atoms with Gasteiger partial charge in [0.15, 0.2) is 6.10 Å². The van der Waals surface area contributed by atoms with E-state index in [1.54, 1.807) is 19.1 Å². The van der Waals surface area contributed by atoms with Crippen molar-refractivity contribution in [2.24, 2.45) is 0 Å². The van der Waals surface area contributed by atoms with Crippen LogP contribution < -0.4 is 10.1 Å². The highest BCUT2D eigenvalue weighted by Crippen LogP contribution is 2.28. The smallest absolute Gasteiger partial charge is 0.265 e. The van der Waals surface area contributed by atoms with Crippen molar-refractivity contribution in [3.63, 3.8) is 0 Å². The average molecular weight is 397 g/mol. The summed E-state index contributed by atoms with van der Waals surface area (Å²) in [7, 11) is 0. The molecular weight excluding hydrogens is 378 g/mol. The number of rotatable bonds is 4. The summed E-state index contributed by atoms with van der Waals surface area (Å²) < 4.78 is 6.86. The summed E-state index contributed by atoms with van der Waals surface area (Å²) in [5.74, 6) is 0.524. The van der Waals surface area contributed by atoms with Gasteiger partial charge in [0.2, 0.25) is 0 Å². The predicted molar refractivity (Wildman–Crippen MR) is 98.5 cm³/mol. The summed E-state index contributed by atoms with van der Waals surface area (Å²) in [6, 6.07) is 9.35. The normalized spacial score (nSPS) is 11.9. The molecule has 0 aliphatic heterocycles. The maximum absolute atomic E-state index is 12.4. The first-order valence-corrected chi connectivity index (χ1v) is 8.46. The van der Waals surface area contributed by atoms with Crippen LogP contribution in [-0.2, 0) is 4.79 Å². The summed E-state index contributed by atoms with van der Waals surface area (Å²) in [5, 5.41) is 3.48. The van der Waals surface area contributed by atoms with Crippen LogP contribution in [0.2, 0.25) is 5.02 Å². The van der Waals surface area contributed by atoms with Crippen molar-refractivity contribution in [2.45, 2.75) is 33.8 Å². The quantitative estimate of drug-likeness (QED) is 0.748. The molecule has 2 aromatic carbocycles. The van der Waals surface area contributed by atoms with Crippen molar-refractivity contribution in [2.75, 3.05) is 5.32 Å². The van der Waals surface area contributed by atoms with Crippen molar-refractivity contribution in [3.8, 4) is 5.75 Å². The van der Waals surface area contributed by atoms with Gasteiger partial charge in [0.05, 0.1) is 0 Å². The number of carbonyl (C=O) groups excluding carboxylic acids is 1. The number of hydrogen-bond donors (Lipinski definition) is 1. The Morgan fingerprint density at radius 1 is 1.22 bits per heavy atom. The highest BCUT2D eigenvalue weighted by atomic mass is 79.9. The van der Waals surface area contributed by atoms with E-state index in [0.29, 0.717) is 10.7 Å². The van der Waals surface area contributed by atoms with Crippen LogP contribution in [0.25, 0.3) is 0 Å². The molecule has 5 heteroatoms. The monoisotopic (exact) mass is 395 g/mol. The third-order valence-electron chi connectivity index (χ3n) is 3.61. The van der Waals surface area contributed by atoms with E-state index >= 15 is 0 Å². The molecule has 1 unspecified atom stereocenters. The second-order valence-electron chi connectivity index (χ2n) is 5.53. The van der Waals surface area contributed by atoms with Crippen LogP contribution >= 0.6 is 27.5 Å². The van der Waals surface area contributed by atoms with Gasteiger partial charge in [-0.2, -0.15) is 0 Å². The molecule has 0 saturated carbocycles. The molecule has 122 valence electrons. The zero-order valence-electron chi connectivity index (χ0n) is 13.5. The Kier molecular flexibility index (Phi) is 5.71. The van der Waals surface area contributed by atoms with Gasteiger partial charge >= 0.3 is 0 Å². The second kappa shape index (κ2) is 7.37. The number of nitrogens with one attached hydrogen (secondary N) is 1. The van der Waals surface area contributed by atoms with Crippen molar-refractivity contribution < 1.29 is 9.53 Å². The number of ether oxygens (including phenoxy) is 1. The maximum Gasteiger partial charge on any atom is 0.265 e. The molecule has 1 atom stereocenters. The van der Waals surface area contributed by atoms with Gasteiger partial charge in [0.1, 0.15) is 5.75 Å². The maximum atomic E-state index is 12.4. The third kappa shape index (κ3) is 4.27. The predicted octanol–water partition coefficient (Wildman–Crippen LogP) is 5.43. The largest absolute Gasteiger partial charge is 0.480 e. The van der Waals surface area contributed by atoms with Crippen LogP contribution in [0.15, 0.2) is 34.8 Å². The molecule has 2 rings (SSSR count). The van der Waals surface area contributed by atoms with Gasteiger partial charge in [-0.15, -0.1) is 0 Å². The number of hydrogen-bond acceptors (Lipinski definition) is 2. The van der Waals surface area contributed by atoms with Gasteiger partial charge in [-0.3, -0.25) is 4.79 Å². The Balaban J connectivity index is 2.13. The van der Waals surface area contributed by atoms with Gasteiger partial charge in [0.25, 0.3) is 5.91 Å². The highest BCUT2D eigenvalue weighted by molar-refractivity contribution is 9.10. The SMILES string of the molecule is Cc1cc(Br)cc(C)c1OC(C)C(=O)Nc1cccc(Cl)c1C. The molecule has 23 heavy (non-hydrogen) atoms. The fourth-order valence-electron chi connectivity index (χ4n) is 2.29. The first-order chi connectivity index (χ1) is 10.8. The Hall–Kier alpha value is -1.52. The first-order valence-electron chi connectivity index (χ1n) is 7.29. The summed E-state index contributed by atoms with van der Waals surface area (Å²) in [6.07, 6.45) is -0.619. The molecule has 2 aromatic rings. The lowest BCUT2D eigenvalue weighted by Gasteiger charge is -2.19. The van der Waals surface area contributed by atoms with E-state index in [-0.39, 0.29) is 5.91 Å². The van der Waals surface area contributed by atoms with Crippen LogP contribution in [0.1, 0.15) is 23.6 Å². The molecule has 0 fully saturated rings. The van der Waals surface area contributed by atoms with Gasteiger partial charge < -0.3 is 10.1 Å². The van der Waals surface area contributed by atoms with E-state index in [1.165, 1.54) is 0 Å². The van der Waals surface area contributed by atoms with Gasteiger partial charge in [-0.25, -0.2) is 0 Å². The fraction of sp³-hybridized carbons (Fsp3) is 0.278.